The number of hydrogen-bond acceptors (Lipinski definition) is 3. The van der Waals surface area contributed by atoms with Crippen molar-refractivity contribution in [2.75, 3.05) is 11.5 Å². The minimum Gasteiger partial charge on any atom is -0.306 e. The SMILES string of the molecule is O=Cc1ccc2nc(C3CCSCC3)cn2c1. The summed E-state index contributed by atoms with van der Waals surface area (Å²) < 4.78 is 1.96. The van der Waals surface area contributed by atoms with E-state index in [0.717, 1.165) is 11.9 Å². The van der Waals surface area contributed by atoms with Gasteiger partial charge < -0.3 is 4.40 Å². The van der Waals surface area contributed by atoms with Crippen molar-refractivity contribution < 1.29 is 4.79 Å². The fourth-order valence-electron chi connectivity index (χ4n) is 2.29. The van der Waals surface area contributed by atoms with Gasteiger partial charge in [0.05, 0.1) is 5.69 Å². The Labute approximate surface area is 104 Å². The van der Waals surface area contributed by atoms with Crippen LogP contribution >= 0.6 is 11.8 Å². The summed E-state index contributed by atoms with van der Waals surface area (Å²) in [5.74, 6) is 3.06. The number of hydrogen-bond donors (Lipinski definition) is 0. The maximum Gasteiger partial charge on any atom is 0.151 e. The summed E-state index contributed by atoms with van der Waals surface area (Å²) in [6.45, 7) is 0. The molecule has 3 nitrogen and oxygen atoms in total. The first-order valence-electron chi connectivity index (χ1n) is 5.88. The van der Waals surface area contributed by atoms with Gasteiger partial charge in [0.1, 0.15) is 5.65 Å². The maximum atomic E-state index is 10.7. The van der Waals surface area contributed by atoms with Crippen LogP contribution in [0, 0.1) is 0 Å². The van der Waals surface area contributed by atoms with E-state index in [9.17, 15) is 4.79 Å². The molecule has 17 heavy (non-hydrogen) atoms. The monoisotopic (exact) mass is 246 g/mol. The molecule has 88 valence electrons. The average Bonchev–Trinajstić information content (AvgIpc) is 2.82. The van der Waals surface area contributed by atoms with Crippen LogP contribution in [0.3, 0.4) is 0 Å². The molecule has 0 radical (unpaired) electrons. The van der Waals surface area contributed by atoms with Gasteiger partial charge in [0.15, 0.2) is 6.29 Å². The zero-order chi connectivity index (χ0) is 11.7. The molecule has 0 saturated carbocycles. The highest BCUT2D eigenvalue weighted by Crippen LogP contribution is 2.30. The van der Waals surface area contributed by atoms with Crippen molar-refractivity contribution in [2.45, 2.75) is 18.8 Å². The topological polar surface area (TPSA) is 34.4 Å². The van der Waals surface area contributed by atoms with Crippen molar-refractivity contribution in [3.63, 3.8) is 0 Å². The van der Waals surface area contributed by atoms with E-state index in [4.69, 9.17) is 0 Å². The normalized spacial score (nSPS) is 17.4. The molecule has 1 fully saturated rings. The highest BCUT2D eigenvalue weighted by molar-refractivity contribution is 7.99. The predicted octanol–water partition coefficient (Wildman–Crippen LogP) is 2.76. The Morgan fingerprint density at radius 1 is 1.29 bits per heavy atom. The van der Waals surface area contributed by atoms with Crippen LogP contribution in [0.5, 0.6) is 0 Å². The lowest BCUT2D eigenvalue weighted by Crippen LogP contribution is -2.07. The lowest BCUT2D eigenvalue weighted by molar-refractivity contribution is 0.112. The first-order chi connectivity index (χ1) is 8.36. The second-order valence-electron chi connectivity index (χ2n) is 4.40. The summed E-state index contributed by atoms with van der Waals surface area (Å²) in [6.07, 6.45) is 7.22. The highest BCUT2D eigenvalue weighted by Gasteiger charge is 2.18. The van der Waals surface area contributed by atoms with Gasteiger partial charge in [-0.3, -0.25) is 4.79 Å². The van der Waals surface area contributed by atoms with Crippen LogP contribution in [0.25, 0.3) is 5.65 Å². The molecule has 2 aromatic heterocycles. The molecule has 0 atom stereocenters. The van der Waals surface area contributed by atoms with E-state index in [1.807, 2.05) is 34.5 Å². The quantitative estimate of drug-likeness (QED) is 0.764. The van der Waals surface area contributed by atoms with Crippen molar-refractivity contribution >= 4 is 23.7 Å². The molecule has 1 saturated heterocycles. The van der Waals surface area contributed by atoms with Gasteiger partial charge in [-0.05, 0) is 36.5 Å². The summed E-state index contributed by atoms with van der Waals surface area (Å²) in [6, 6.07) is 3.72. The lowest BCUT2D eigenvalue weighted by atomic mass is 10.00. The summed E-state index contributed by atoms with van der Waals surface area (Å²) in [4.78, 5) is 15.4. The average molecular weight is 246 g/mol. The van der Waals surface area contributed by atoms with Crippen molar-refractivity contribution in [3.8, 4) is 0 Å². The van der Waals surface area contributed by atoms with E-state index < -0.39 is 0 Å². The molecule has 3 heterocycles. The molecular formula is C13H14N2OS. The molecule has 3 rings (SSSR count). The van der Waals surface area contributed by atoms with Crippen molar-refractivity contribution in [1.82, 2.24) is 9.38 Å². The van der Waals surface area contributed by atoms with E-state index in [1.54, 1.807) is 0 Å². The van der Waals surface area contributed by atoms with Gasteiger partial charge in [0.25, 0.3) is 0 Å². The van der Waals surface area contributed by atoms with Gasteiger partial charge >= 0.3 is 0 Å². The van der Waals surface area contributed by atoms with Gasteiger partial charge in [-0.1, -0.05) is 0 Å². The Balaban J connectivity index is 1.97. The van der Waals surface area contributed by atoms with E-state index >= 15 is 0 Å². The van der Waals surface area contributed by atoms with Crippen molar-refractivity contribution in [1.29, 1.82) is 0 Å². The number of thioether (sulfide) groups is 1. The van der Waals surface area contributed by atoms with Crippen LogP contribution in [0.2, 0.25) is 0 Å². The molecule has 0 spiro atoms. The third kappa shape index (κ3) is 2.09. The zero-order valence-electron chi connectivity index (χ0n) is 9.50. The Kier molecular flexibility index (Phi) is 2.89. The molecule has 0 aromatic carbocycles. The van der Waals surface area contributed by atoms with Crippen LogP contribution in [-0.4, -0.2) is 27.2 Å². The number of rotatable bonds is 2. The molecule has 0 N–H and O–H groups in total. The third-order valence-electron chi connectivity index (χ3n) is 3.27. The van der Waals surface area contributed by atoms with E-state index in [1.165, 1.54) is 30.0 Å². The van der Waals surface area contributed by atoms with Crippen LogP contribution in [-0.2, 0) is 0 Å². The number of imidazole rings is 1. The molecule has 1 aliphatic rings. The Morgan fingerprint density at radius 3 is 2.88 bits per heavy atom. The molecule has 2 aromatic rings. The van der Waals surface area contributed by atoms with E-state index in [2.05, 4.69) is 11.2 Å². The molecule has 4 heteroatoms. The van der Waals surface area contributed by atoms with Gasteiger partial charge in [0, 0.05) is 23.9 Å². The highest BCUT2D eigenvalue weighted by atomic mass is 32.2. The number of pyridine rings is 1. The fourth-order valence-corrected chi connectivity index (χ4v) is 3.39. The summed E-state index contributed by atoms with van der Waals surface area (Å²) >= 11 is 2.03. The second kappa shape index (κ2) is 4.53. The van der Waals surface area contributed by atoms with Gasteiger partial charge in [-0.2, -0.15) is 11.8 Å². The Bertz CT molecular complexity index is 543. The smallest absolute Gasteiger partial charge is 0.151 e. The number of nitrogens with zero attached hydrogens (tertiary/aromatic N) is 2. The second-order valence-corrected chi connectivity index (χ2v) is 5.62. The van der Waals surface area contributed by atoms with Gasteiger partial charge in [-0.25, -0.2) is 4.98 Å². The molecule has 0 amide bonds. The first kappa shape index (κ1) is 10.8. The largest absolute Gasteiger partial charge is 0.306 e. The van der Waals surface area contributed by atoms with E-state index in [-0.39, 0.29) is 0 Å². The van der Waals surface area contributed by atoms with Gasteiger partial charge in [0.2, 0.25) is 0 Å². The summed E-state index contributed by atoms with van der Waals surface area (Å²) in [5.41, 5.74) is 2.80. The number of fused-ring (bicyclic) bond motifs is 1. The standard InChI is InChI=1S/C13H14N2OS/c16-9-10-1-2-13-14-12(8-15(13)7-10)11-3-5-17-6-4-11/h1-2,7-9,11H,3-6H2. The molecule has 1 aliphatic heterocycles. The fraction of sp³-hybridized carbons (Fsp3) is 0.385. The minimum absolute atomic E-state index is 0.593. The molecule has 0 bridgehead atoms. The minimum atomic E-state index is 0.593. The number of carbonyl (C=O) groups is 1. The van der Waals surface area contributed by atoms with E-state index in [0.29, 0.717) is 11.5 Å². The third-order valence-corrected chi connectivity index (χ3v) is 4.32. The number of carbonyl (C=O) groups excluding carboxylic acids is 1. The molecule has 0 unspecified atom stereocenters. The maximum absolute atomic E-state index is 10.7. The predicted molar refractivity (Wildman–Crippen MR) is 69.9 cm³/mol. The van der Waals surface area contributed by atoms with Crippen LogP contribution in [0.15, 0.2) is 24.5 Å². The van der Waals surface area contributed by atoms with Crippen LogP contribution < -0.4 is 0 Å². The number of aldehydes is 1. The molecule has 0 aliphatic carbocycles. The zero-order valence-corrected chi connectivity index (χ0v) is 10.3. The van der Waals surface area contributed by atoms with Crippen LogP contribution in [0.4, 0.5) is 0 Å². The Morgan fingerprint density at radius 2 is 2.12 bits per heavy atom. The summed E-state index contributed by atoms with van der Waals surface area (Å²) in [7, 11) is 0. The van der Waals surface area contributed by atoms with Crippen LogP contribution in [0.1, 0.15) is 34.8 Å². The van der Waals surface area contributed by atoms with Gasteiger partial charge in [-0.15, -0.1) is 0 Å². The summed E-state index contributed by atoms with van der Waals surface area (Å²) in [5, 5.41) is 0. The molecular weight excluding hydrogens is 232 g/mol. The first-order valence-corrected chi connectivity index (χ1v) is 7.04. The van der Waals surface area contributed by atoms with Crippen molar-refractivity contribution in [3.05, 3.63) is 35.8 Å². The lowest BCUT2D eigenvalue weighted by Gasteiger charge is -2.18. The Hall–Kier alpha value is -1.29. The number of aromatic nitrogens is 2. The van der Waals surface area contributed by atoms with Crippen molar-refractivity contribution in [2.24, 2.45) is 0 Å².